The minimum atomic E-state index is -4.54. The van der Waals surface area contributed by atoms with Gasteiger partial charge in [-0.3, -0.25) is 4.79 Å². The summed E-state index contributed by atoms with van der Waals surface area (Å²) < 4.78 is 81.4. The number of nitrogens with one attached hydrogen (secondary N) is 2. The molecule has 0 spiro atoms. The van der Waals surface area contributed by atoms with E-state index in [9.17, 15) is 31.1 Å². The maximum atomic E-state index is 14.5. The fourth-order valence-corrected chi connectivity index (χ4v) is 4.03. The summed E-state index contributed by atoms with van der Waals surface area (Å²) in [5.74, 6) is 4.70. The number of piperidine rings is 1. The summed E-state index contributed by atoms with van der Waals surface area (Å²) in [6.07, 6.45) is -4.68. The van der Waals surface area contributed by atoms with Crippen LogP contribution in [0.3, 0.4) is 0 Å². The van der Waals surface area contributed by atoms with Gasteiger partial charge in [0.05, 0.1) is 36.3 Å². The number of hydrogen-bond donors (Lipinski definition) is 2. The Bertz CT molecular complexity index is 1320. The Morgan fingerprint density at radius 1 is 1.30 bits per heavy atom. The van der Waals surface area contributed by atoms with E-state index >= 15 is 0 Å². The molecule has 3 aromatic heterocycles. The molecule has 0 radical (unpaired) electrons. The molecule has 2 atom stereocenters. The summed E-state index contributed by atoms with van der Waals surface area (Å²) in [5, 5.41) is 13.0. The van der Waals surface area contributed by atoms with E-state index in [4.69, 9.17) is 0 Å². The molecular formula is C23H23F6N7O. The summed E-state index contributed by atoms with van der Waals surface area (Å²) in [4.78, 5) is 13.9. The van der Waals surface area contributed by atoms with Crippen molar-refractivity contribution in [3.63, 3.8) is 0 Å². The molecule has 0 aromatic carbocycles. The Labute approximate surface area is 207 Å². The number of hydrogen-bond acceptors (Lipinski definition) is 5. The third-order valence-electron chi connectivity index (χ3n) is 5.82. The van der Waals surface area contributed by atoms with Crippen LogP contribution in [0.2, 0.25) is 0 Å². The number of alkyl halides is 6. The largest absolute Gasteiger partial charge is 0.393 e. The van der Waals surface area contributed by atoms with Crippen LogP contribution in [0.25, 0.3) is 5.52 Å². The maximum Gasteiger partial charge on any atom is 0.393 e. The third-order valence-corrected chi connectivity index (χ3v) is 5.82. The molecule has 0 bridgehead atoms. The number of rotatable bonds is 6. The lowest BCUT2D eigenvalue weighted by molar-refractivity contribution is -0.127. The molecule has 1 fully saturated rings. The molecule has 4 heterocycles. The number of anilines is 1. The standard InChI is InChI=1S/C23H23F6N7O/c1-34-9-7-18(16(24)13-34)32-20-6-2-5-19-15(10-23(27,28)29)17(33-36(19)20)4-3-8-30-21(37)14-11-31-35(12-14)22(25)26/h2,5-6,11-12,16,18,22,32H,7-10,13H2,1H3,(H,30,37)/t16-,18+/m0/s1. The van der Waals surface area contributed by atoms with Crippen LogP contribution < -0.4 is 10.6 Å². The highest BCUT2D eigenvalue weighted by Gasteiger charge is 2.32. The minimum Gasteiger partial charge on any atom is -0.364 e. The van der Waals surface area contributed by atoms with Crippen molar-refractivity contribution in [3.05, 3.63) is 47.4 Å². The van der Waals surface area contributed by atoms with Crippen LogP contribution in [0, 0.1) is 11.8 Å². The van der Waals surface area contributed by atoms with E-state index in [1.165, 1.54) is 10.6 Å². The van der Waals surface area contributed by atoms with Crippen molar-refractivity contribution in [2.45, 2.75) is 37.8 Å². The van der Waals surface area contributed by atoms with Crippen LogP contribution >= 0.6 is 0 Å². The van der Waals surface area contributed by atoms with Gasteiger partial charge in [-0.15, -0.1) is 0 Å². The Balaban J connectivity index is 1.56. The van der Waals surface area contributed by atoms with Crippen LogP contribution in [0.15, 0.2) is 30.6 Å². The van der Waals surface area contributed by atoms with Crippen LogP contribution in [-0.2, 0) is 6.42 Å². The quantitative estimate of drug-likeness (QED) is 0.380. The highest BCUT2D eigenvalue weighted by atomic mass is 19.4. The Hall–Kier alpha value is -3.73. The Morgan fingerprint density at radius 2 is 2.08 bits per heavy atom. The van der Waals surface area contributed by atoms with Gasteiger partial charge in [-0.25, -0.2) is 13.6 Å². The first-order valence-corrected chi connectivity index (χ1v) is 11.3. The summed E-state index contributed by atoms with van der Waals surface area (Å²) >= 11 is 0. The van der Waals surface area contributed by atoms with Crippen molar-refractivity contribution >= 4 is 17.2 Å². The van der Waals surface area contributed by atoms with Crippen molar-refractivity contribution in [2.75, 3.05) is 32.0 Å². The van der Waals surface area contributed by atoms with Crippen molar-refractivity contribution < 1.29 is 31.1 Å². The number of likely N-dealkylation sites (tertiary alicyclic amines) is 1. The molecular weight excluding hydrogens is 504 g/mol. The van der Waals surface area contributed by atoms with Crippen molar-refractivity contribution in [1.82, 2.24) is 29.6 Å². The fraction of sp³-hybridized carbons (Fsp3) is 0.435. The number of pyridine rings is 1. The maximum absolute atomic E-state index is 14.5. The number of fused-ring (bicyclic) bond motifs is 1. The monoisotopic (exact) mass is 527 g/mol. The van der Waals surface area contributed by atoms with Gasteiger partial charge in [-0.05, 0) is 31.5 Å². The second-order valence-electron chi connectivity index (χ2n) is 8.62. The number of nitrogens with zero attached hydrogens (tertiary/aromatic N) is 5. The SMILES string of the molecule is CN1CC[C@@H](Nc2cccc3c(CC(F)(F)F)c(C#CCNC(=O)c4cnn(C(F)F)c4)nn23)[C@@H](F)C1. The summed E-state index contributed by atoms with van der Waals surface area (Å²) in [6, 6.07) is 4.09. The van der Waals surface area contributed by atoms with Gasteiger partial charge in [-0.1, -0.05) is 12.0 Å². The first-order chi connectivity index (χ1) is 17.5. The fourth-order valence-electron chi connectivity index (χ4n) is 4.03. The number of amides is 1. The van der Waals surface area contributed by atoms with E-state index in [1.807, 2.05) is 11.9 Å². The second kappa shape index (κ2) is 10.7. The predicted molar refractivity (Wildman–Crippen MR) is 122 cm³/mol. The van der Waals surface area contributed by atoms with Crippen LogP contribution in [-0.4, -0.2) is 75.3 Å². The molecule has 0 aliphatic carbocycles. The molecule has 1 aliphatic rings. The lowest BCUT2D eigenvalue weighted by Crippen LogP contribution is -2.46. The zero-order valence-corrected chi connectivity index (χ0v) is 19.6. The molecule has 1 amide bonds. The first-order valence-electron chi connectivity index (χ1n) is 11.3. The van der Waals surface area contributed by atoms with E-state index in [1.54, 1.807) is 12.1 Å². The highest BCUT2D eigenvalue weighted by Crippen LogP contribution is 2.28. The first kappa shape index (κ1) is 26.3. The van der Waals surface area contributed by atoms with Gasteiger partial charge in [0.25, 0.3) is 5.91 Å². The highest BCUT2D eigenvalue weighted by molar-refractivity contribution is 5.93. The average Bonchev–Trinajstić information content (AvgIpc) is 3.44. The third kappa shape index (κ3) is 6.34. The molecule has 37 heavy (non-hydrogen) atoms. The summed E-state index contributed by atoms with van der Waals surface area (Å²) in [5.41, 5.74) is -0.262. The van der Waals surface area contributed by atoms with Gasteiger partial charge in [0.15, 0.2) is 0 Å². The van der Waals surface area contributed by atoms with E-state index in [0.29, 0.717) is 23.5 Å². The molecule has 0 unspecified atom stereocenters. The molecule has 2 N–H and O–H groups in total. The van der Waals surface area contributed by atoms with Gasteiger partial charge in [0.2, 0.25) is 0 Å². The predicted octanol–water partition coefficient (Wildman–Crippen LogP) is 3.27. The molecule has 0 saturated carbocycles. The lowest BCUT2D eigenvalue weighted by Gasteiger charge is -2.33. The molecule has 4 rings (SSSR count). The summed E-state index contributed by atoms with van der Waals surface area (Å²) in [7, 11) is 1.81. The zero-order chi connectivity index (χ0) is 26.7. The molecule has 1 saturated heterocycles. The number of aromatic nitrogens is 4. The van der Waals surface area contributed by atoms with Gasteiger partial charge >= 0.3 is 12.7 Å². The number of halogens is 6. The van der Waals surface area contributed by atoms with Crippen molar-refractivity contribution in [1.29, 1.82) is 0 Å². The van der Waals surface area contributed by atoms with Gasteiger partial charge in [0.1, 0.15) is 17.7 Å². The van der Waals surface area contributed by atoms with E-state index < -0.39 is 37.3 Å². The molecule has 8 nitrogen and oxygen atoms in total. The molecule has 14 heteroatoms. The topological polar surface area (TPSA) is 79.5 Å². The van der Waals surface area contributed by atoms with Crippen molar-refractivity contribution in [2.24, 2.45) is 0 Å². The second-order valence-corrected chi connectivity index (χ2v) is 8.62. The molecule has 3 aromatic rings. The van der Waals surface area contributed by atoms with Crippen molar-refractivity contribution in [3.8, 4) is 11.8 Å². The number of carbonyl (C=O) groups is 1. The molecule has 1 aliphatic heterocycles. The van der Waals surface area contributed by atoms with Gasteiger partial charge in [-0.2, -0.15) is 32.1 Å². The normalized spacial score (nSPS) is 18.6. The smallest absolute Gasteiger partial charge is 0.364 e. The minimum absolute atomic E-state index is 0.122. The van der Waals surface area contributed by atoms with E-state index in [0.717, 1.165) is 12.4 Å². The average molecular weight is 527 g/mol. The van der Waals surface area contributed by atoms with Gasteiger partial charge < -0.3 is 15.5 Å². The van der Waals surface area contributed by atoms with Crippen LogP contribution in [0.5, 0.6) is 0 Å². The summed E-state index contributed by atoms with van der Waals surface area (Å²) in [6.45, 7) is -2.28. The molecule has 198 valence electrons. The number of carbonyl (C=O) groups excluding carboxylic acids is 1. The van der Waals surface area contributed by atoms with Crippen LogP contribution in [0.1, 0.15) is 34.6 Å². The van der Waals surface area contributed by atoms with Gasteiger partial charge in [0, 0.05) is 24.8 Å². The van der Waals surface area contributed by atoms with E-state index in [-0.39, 0.29) is 35.4 Å². The zero-order valence-electron chi connectivity index (χ0n) is 19.6. The van der Waals surface area contributed by atoms with E-state index in [2.05, 4.69) is 32.7 Å². The Morgan fingerprint density at radius 3 is 2.76 bits per heavy atom. The Kier molecular flexibility index (Phi) is 7.63. The van der Waals surface area contributed by atoms with Crippen LogP contribution in [0.4, 0.5) is 32.2 Å². The lowest BCUT2D eigenvalue weighted by atomic mass is 10.0.